The van der Waals surface area contributed by atoms with Crippen LogP contribution in [0.25, 0.3) is 5.69 Å². The van der Waals surface area contributed by atoms with Crippen LogP contribution in [0.1, 0.15) is 5.56 Å². The zero-order chi connectivity index (χ0) is 17.9. The molecule has 0 saturated carbocycles. The highest BCUT2D eigenvalue weighted by molar-refractivity contribution is 5.64. The third-order valence-corrected chi connectivity index (χ3v) is 4.16. The van der Waals surface area contributed by atoms with Crippen molar-refractivity contribution in [3.63, 3.8) is 0 Å². The van der Waals surface area contributed by atoms with E-state index < -0.39 is 5.95 Å². The number of nitrogens with zero attached hydrogens (tertiary/aromatic N) is 5. The summed E-state index contributed by atoms with van der Waals surface area (Å²) >= 11 is 0. The van der Waals surface area contributed by atoms with Gasteiger partial charge in [-0.3, -0.25) is 0 Å². The number of anilines is 3. The molecule has 1 aliphatic heterocycles. The number of ether oxygens (including phenoxy) is 1. The Morgan fingerprint density at radius 2 is 1.92 bits per heavy atom. The highest BCUT2D eigenvalue weighted by atomic mass is 19.1. The minimum Gasteiger partial charge on any atom is -0.378 e. The van der Waals surface area contributed by atoms with Crippen molar-refractivity contribution < 1.29 is 9.13 Å². The first kappa shape index (κ1) is 16.5. The van der Waals surface area contributed by atoms with E-state index in [1.54, 1.807) is 6.07 Å². The molecule has 2 aromatic heterocycles. The van der Waals surface area contributed by atoms with Crippen LogP contribution in [-0.2, 0) is 4.74 Å². The summed E-state index contributed by atoms with van der Waals surface area (Å²) < 4.78 is 20.2. The third kappa shape index (κ3) is 3.65. The molecular weight excluding hydrogens is 335 g/mol. The standard InChI is InChI=1S/C18H19FN6O/c1-13-8-14(10-16(9-13)24-4-6-26-7-5-24)22-18-21-12-25(23-18)15-2-3-20-17(19)11-15/h2-3,8-12H,4-7H2,1H3,(H,22,23). The zero-order valence-corrected chi connectivity index (χ0v) is 14.4. The van der Waals surface area contributed by atoms with E-state index in [2.05, 4.69) is 44.3 Å². The first-order chi connectivity index (χ1) is 12.7. The number of rotatable bonds is 4. The fraction of sp³-hybridized carbons (Fsp3) is 0.278. The number of morpholine rings is 1. The Kier molecular flexibility index (Phi) is 4.49. The summed E-state index contributed by atoms with van der Waals surface area (Å²) in [5.41, 5.74) is 3.76. The van der Waals surface area contributed by atoms with Gasteiger partial charge in [0.15, 0.2) is 0 Å². The minimum absolute atomic E-state index is 0.445. The largest absolute Gasteiger partial charge is 0.378 e. The van der Waals surface area contributed by atoms with E-state index in [-0.39, 0.29) is 0 Å². The van der Waals surface area contributed by atoms with Crippen molar-refractivity contribution in [3.05, 3.63) is 54.4 Å². The lowest BCUT2D eigenvalue weighted by atomic mass is 10.1. The van der Waals surface area contributed by atoms with Crippen LogP contribution >= 0.6 is 0 Å². The van der Waals surface area contributed by atoms with Gasteiger partial charge in [0.25, 0.3) is 0 Å². The summed E-state index contributed by atoms with van der Waals surface area (Å²) in [4.78, 5) is 10.1. The molecule has 3 aromatic rings. The quantitative estimate of drug-likeness (QED) is 0.727. The van der Waals surface area contributed by atoms with Crippen LogP contribution in [0.4, 0.5) is 21.7 Å². The van der Waals surface area contributed by atoms with Gasteiger partial charge in [0.05, 0.1) is 18.9 Å². The monoisotopic (exact) mass is 354 g/mol. The van der Waals surface area contributed by atoms with E-state index in [0.717, 1.165) is 43.2 Å². The summed E-state index contributed by atoms with van der Waals surface area (Å²) in [5.74, 6) is -0.109. The molecule has 0 atom stereocenters. The van der Waals surface area contributed by atoms with Crippen molar-refractivity contribution in [3.8, 4) is 5.69 Å². The van der Waals surface area contributed by atoms with Gasteiger partial charge in [-0.1, -0.05) is 0 Å². The molecule has 0 bridgehead atoms. The maximum absolute atomic E-state index is 13.3. The SMILES string of the molecule is Cc1cc(Nc2ncn(-c3ccnc(F)c3)n2)cc(N2CCOCC2)c1. The number of benzene rings is 1. The lowest BCUT2D eigenvalue weighted by molar-refractivity contribution is 0.122. The van der Waals surface area contributed by atoms with Crippen LogP contribution < -0.4 is 10.2 Å². The average molecular weight is 354 g/mol. The third-order valence-electron chi connectivity index (χ3n) is 4.16. The molecule has 4 rings (SSSR count). The summed E-state index contributed by atoms with van der Waals surface area (Å²) in [7, 11) is 0. The summed E-state index contributed by atoms with van der Waals surface area (Å²) in [6.45, 7) is 5.30. The van der Waals surface area contributed by atoms with Crippen LogP contribution in [-0.4, -0.2) is 46.1 Å². The normalized spacial score (nSPS) is 14.5. The van der Waals surface area contributed by atoms with E-state index in [9.17, 15) is 4.39 Å². The van der Waals surface area contributed by atoms with E-state index in [0.29, 0.717) is 11.6 Å². The van der Waals surface area contributed by atoms with Crippen LogP contribution in [0.2, 0.25) is 0 Å². The number of aryl methyl sites for hydroxylation is 1. The first-order valence-corrected chi connectivity index (χ1v) is 8.42. The maximum Gasteiger partial charge on any atom is 0.246 e. The van der Waals surface area contributed by atoms with Crippen molar-refractivity contribution >= 4 is 17.3 Å². The maximum atomic E-state index is 13.3. The molecular formula is C18H19FN6O. The van der Waals surface area contributed by atoms with Gasteiger partial charge < -0.3 is 15.0 Å². The van der Waals surface area contributed by atoms with E-state index in [4.69, 9.17) is 4.74 Å². The topological polar surface area (TPSA) is 68.1 Å². The molecule has 0 aliphatic carbocycles. The predicted octanol–water partition coefficient (Wildman–Crippen LogP) is 2.69. The highest BCUT2D eigenvalue weighted by Crippen LogP contribution is 2.25. The molecule has 8 heteroatoms. The van der Waals surface area contributed by atoms with E-state index in [1.807, 2.05) is 6.07 Å². The molecule has 1 saturated heterocycles. The molecule has 134 valence electrons. The summed E-state index contributed by atoms with van der Waals surface area (Å²) in [6, 6.07) is 9.25. The lowest BCUT2D eigenvalue weighted by Gasteiger charge is -2.29. The Labute approximate surface area is 150 Å². The molecule has 1 fully saturated rings. The first-order valence-electron chi connectivity index (χ1n) is 8.42. The van der Waals surface area contributed by atoms with Crippen molar-refractivity contribution in [1.82, 2.24) is 19.7 Å². The Morgan fingerprint density at radius 3 is 2.73 bits per heavy atom. The van der Waals surface area contributed by atoms with Gasteiger partial charge in [-0.25, -0.2) is 9.67 Å². The molecule has 0 unspecified atom stereocenters. The van der Waals surface area contributed by atoms with E-state index in [1.165, 1.54) is 23.3 Å². The molecule has 7 nitrogen and oxygen atoms in total. The van der Waals surface area contributed by atoms with Crippen LogP contribution in [0.15, 0.2) is 42.9 Å². The highest BCUT2D eigenvalue weighted by Gasteiger charge is 2.13. The van der Waals surface area contributed by atoms with Crippen molar-refractivity contribution in [2.45, 2.75) is 6.92 Å². The zero-order valence-electron chi connectivity index (χ0n) is 14.4. The average Bonchev–Trinajstić information content (AvgIpc) is 3.10. The summed E-state index contributed by atoms with van der Waals surface area (Å²) in [6.07, 6.45) is 2.93. The molecule has 1 aromatic carbocycles. The summed E-state index contributed by atoms with van der Waals surface area (Å²) in [5, 5.41) is 7.57. The number of pyridine rings is 1. The van der Waals surface area contributed by atoms with Crippen LogP contribution in [0.5, 0.6) is 0 Å². The van der Waals surface area contributed by atoms with Crippen molar-refractivity contribution in [2.75, 3.05) is 36.5 Å². The van der Waals surface area contributed by atoms with Gasteiger partial charge in [0.1, 0.15) is 6.33 Å². The second-order valence-corrected chi connectivity index (χ2v) is 6.13. The molecule has 1 N–H and O–H groups in total. The molecule has 0 radical (unpaired) electrons. The number of halogens is 1. The molecule has 1 aliphatic rings. The Hall–Kier alpha value is -3.00. The lowest BCUT2D eigenvalue weighted by Crippen LogP contribution is -2.36. The molecule has 26 heavy (non-hydrogen) atoms. The second kappa shape index (κ2) is 7.09. The number of hydrogen-bond acceptors (Lipinski definition) is 6. The Morgan fingerprint density at radius 1 is 1.08 bits per heavy atom. The second-order valence-electron chi connectivity index (χ2n) is 6.13. The van der Waals surface area contributed by atoms with Crippen LogP contribution in [0, 0.1) is 12.9 Å². The van der Waals surface area contributed by atoms with Gasteiger partial charge in [0.2, 0.25) is 11.9 Å². The minimum atomic E-state index is -0.554. The van der Waals surface area contributed by atoms with Gasteiger partial charge >= 0.3 is 0 Å². The molecule has 0 spiro atoms. The fourth-order valence-corrected chi connectivity index (χ4v) is 2.95. The van der Waals surface area contributed by atoms with Gasteiger partial charge in [0, 0.05) is 36.7 Å². The van der Waals surface area contributed by atoms with Gasteiger partial charge in [-0.2, -0.15) is 9.37 Å². The Balaban J connectivity index is 1.55. The predicted molar refractivity (Wildman–Crippen MR) is 96.6 cm³/mol. The van der Waals surface area contributed by atoms with Gasteiger partial charge in [-0.05, 0) is 36.8 Å². The fourth-order valence-electron chi connectivity index (χ4n) is 2.95. The number of hydrogen-bond donors (Lipinski definition) is 1. The molecule has 3 heterocycles. The van der Waals surface area contributed by atoms with Gasteiger partial charge in [-0.15, -0.1) is 5.10 Å². The molecule has 0 amide bonds. The number of nitrogens with one attached hydrogen (secondary N) is 1. The van der Waals surface area contributed by atoms with E-state index >= 15 is 0 Å². The Bertz CT molecular complexity index is 906. The number of aromatic nitrogens is 4. The smallest absolute Gasteiger partial charge is 0.246 e. The van der Waals surface area contributed by atoms with Crippen LogP contribution in [0.3, 0.4) is 0 Å². The van der Waals surface area contributed by atoms with Crippen molar-refractivity contribution in [1.29, 1.82) is 0 Å². The van der Waals surface area contributed by atoms with Crippen molar-refractivity contribution in [2.24, 2.45) is 0 Å².